The van der Waals surface area contributed by atoms with E-state index in [9.17, 15) is 57.2 Å². The second-order valence-electron chi connectivity index (χ2n) is 21.3. The second-order valence-corrected chi connectivity index (χ2v) is 26.4. The number of hydrogen-bond donors (Lipinski definition) is 3. The molecule has 0 radical (unpaired) electrons. The molecule has 0 aromatic heterocycles. The largest absolute Gasteiger partial charge is 0.310 e. The molecule has 3 unspecified atom stereocenters. The van der Waals surface area contributed by atoms with E-state index in [-0.39, 0.29) is 106 Å². The van der Waals surface area contributed by atoms with Crippen LogP contribution in [-0.4, -0.2) is 62.6 Å². The summed E-state index contributed by atoms with van der Waals surface area (Å²) in [4.78, 5) is 40.6. The normalized spacial score (nSPS) is 16.9. The average molecular weight is 1200 g/mol. The van der Waals surface area contributed by atoms with Crippen LogP contribution in [0.4, 0.5) is 51.7 Å². The molecule has 3 aliphatic heterocycles. The Balaban J connectivity index is 0.000000179. The number of hydrogen-bond acceptors (Lipinski definition) is 9. The van der Waals surface area contributed by atoms with Gasteiger partial charge in [0.05, 0.1) is 51.4 Å². The van der Waals surface area contributed by atoms with Gasteiger partial charge >= 0.3 is 0 Å². The molecule has 0 aliphatic carbocycles. The summed E-state index contributed by atoms with van der Waals surface area (Å²) in [7, 11) is -11.3. The maximum atomic E-state index is 14.8. The van der Waals surface area contributed by atoms with Crippen molar-refractivity contribution < 1.29 is 57.2 Å². The molecule has 3 heterocycles. The highest BCUT2D eigenvalue weighted by atomic mass is 32.2. The van der Waals surface area contributed by atoms with Crippen molar-refractivity contribution in [3.63, 3.8) is 0 Å². The SMILES string of the molecule is CCN1C(=O)CC(C)c2cc(NS(=O)(=O)Cc3ccc(C)cc3)cc(F)c21.CCN1C(=O)CC(C)c2cc(NS(=O)(=O)Cc3ccc(C)cc3F)cc(F)c21.CCc1ccc(CS(=O)(=O)Nc2cc(F)c3c(c2)C(C)CC(=O)N3CC)cc1. The molecule has 0 spiro atoms. The average Bonchev–Trinajstić information content (AvgIpc) is 2.99. The van der Waals surface area contributed by atoms with Crippen LogP contribution in [0.1, 0.15) is 136 Å². The van der Waals surface area contributed by atoms with E-state index in [1.807, 2.05) is 52.0 Å². The minimum atomic E-state index is -3.95. The third-order valence-corrected chi connectivity index (χ3v) is 18.4. The van der Waals surface area contributed by atoms with Crippen LogP contribution < -0.4 is 28.9 Å². The van der Waals surface area contributed by atoms with Gasteiger partial charge in [0.25, 0.3) is 0 Å². The van der Waals surface area contributed by atoms with Crippen molar-refractivity contribution >= 4 is 81.9 Å². The van der Waals surface area contributed by atoms with Gasteiger partial charge in [-0.2, -0.15) is 0 Å². The fourth-order valence-electron chi connectivity index (χ4n) is 10.5. The molecule has 6 aromatic carbocycles. The van der Waals surface area contributed by atoms with Gasteiger partial charge in [-0.25, -0.2) is 42.8 Å². The zero-order chi connectivity index (χ0) is 60.9. The van der Waals surface area contributed by atoms with Crippen molar-refractivity contribution in [2.24, 2.45) is 0 Å². The predicted molar refractivity (Wildman–Crippen MR) is 319 cm³/mol. The lowest BCUT2D eigenvalue weighted by Gasteiger charge is -2.32. The van der Waals surface area contributed by atoms with E-state index in [1.165, 1.54) is 26.8 Å². The molecule has 3 aliphatic rings. The molecule has 444 valence electrons. The van der Waals surface area contributed by atoms with Crippen molar-refractivity contribution in [3.05, 3.63) is 176 Å². The lowest BCUT2D eigenvalue weighted by atomic mass is 9.90. The molecule has 9 rings (SSSR count). The van der Waals surface area contributed by atoms with Crippen molar-refractivity contribution in [2.75, 3.05) is 48.5 Å². The summed E-state index contributed by atoms with van der Waals surface area (Å²) in [6.07, 6.45) is 1.67. The third-order valence-electron chi connectivity index (χ3n) is 14.6. The van der Waals surface area contributed by atoms with Crippen LogP contribution in [0.15, 0.2) is 103 Å². The number of halogens is 4. The molecule has 3 N–H and O–H groups in total. The number of carbonyl (C=O) groups is 3. The minimum Gasteiger partial charge on any atom is -0.310 e. The highest BCUT2D eigenvalue weighted by Crippen LogP contribution is 2.42. The molecule has 0 fully saturated rings. The Morgan fingerprint density at radius 3 is 1.06 bits per heavy atom. The number of sulfonamides is 3. The smallest absolute Gasteiger partial charge is 0.237 e. The van der Waals surface area contributed by atoms with E-state index in [4.69, 9.17) is 0 Å². The molecule has 3 amide bonds. The van der Waals surface area contributed by atoms with Gasteiger partial charge in [0, 0.05) is 62.7 Å². The number of nitrogens with one attached hydrogen (secondary N) is 3. The molecule has 83 heavy (non-hydrogen) atoms. The Kier molecular flexibility index (Phi) is 19.9. The lowest BCUT2D eigenvalue weighted by molar-refractivity contribution is -0.120. The zero-order valence-corrected chi connectivity index (χ0v) is 50.3. The summed E-state index contributed by atoms with van der Waals surface area (Å²) in [5.41, 5.74) is 7.19. The highest BCUT2D eigenvalue weighted by Gasteiger charge is 2.35. The van der Waals surface area contributed by atoms with Crippen LogP contribution in [0.25, 0.3) is 0 Å². The fourth-order valence-corrected chi connectivity index (χ4v) is 14.0. The number of carbonyl (C=O) groups excluding carboxylic acids is 3. The summed E-state index contributed by atoms with van der Waals surface area (Å²) >= 11 is 0. The molecule has 15 nitrogen and oxygen atoms in total. The van der Waals surface area contributed by atoms with Gasteiger partial charge in [-0.05, 0) is 122 Å². The lowest BCUT2D eigenvalue weighted by Crippen LogP contribution is -2.36. The predicted octanol–water partition coefficient (Wildman–Crippen LogP) is 12.2. The number of rotatable bonds is 16. The standard InChI is InChI=1S/C21H25FN2O3S.C20H22F2N2O3S.C20H23FN2O3S/c1-4-15-6-8-16(9-7-15)13-28(26,27)23-17-11-18-14(3)10-20(25)24(5-2)21(18)19(22)12-17;1-4-24-19(25)8-13(3)16-9-15(10-18(22)20(16)24)23-28(26,27)11-14-6-5-12(2)7-17(14)21;1-4-23-19(24)9-14(3)17-10-16(11-18(21)20(17)23)22-27(25,26)12-15-7-5-13(2)6-8-15/h6-9,11-12,14,23H,4-5,10,13H2,1-3H3;5-7,9-10,13,23H,4,8,11H2,1-3H3;5-8,10-11,14,22H,4,9,12H2,1-3H3. The van der Waals surface area contributed by atoms with Gasteiger partial charge in [-0.3, -0.25) is 28.5 Å². The molecule has 22 heteroatoms. The van der Waals surface area contributed by atoms with Gasteiger partial charge in [-0.1, -0.05) is 93.9 Å². The Hall–Kier alpha value is -7.30. The van der Waals surface area contributed by atoms with Crippen LogP contribution in [0.3, 0.4) is 0 Å². The highest BCUT2D eigenvalue weighted by molar-refractivity contribution is 7.92. The number of aryl methyl sites for hydroxylation is 3. The van der Waals surface area contributed by atoms with E-state index in [2.05, 4.69) is 14.2 Å². The van der Waals surface area contributed by atoms with Crippen molar-refractivity contribution in [1.29, 1.82) is 0 Å². The summed E-state index contributed by atoms with van der Waals surface area (Å²) < 4.78 is 141. The van der Waals surface area contributed by atoms with Crippen molar-refractivity contribution in [3.8, 4) is 0 Å². The maximum absolute atomic E-state index is 14.8. The van der Waals surface area contributed by atoms with Gasteiger partial charge in [0.1, 0.15) is 23.3 Å². The van der Waals surface area contributed by atoms with Crippen LogP contribution in [0, 0.1) is 37.1 Å². The van der Waals surface area contributed by atoms with Crippen LogP contribution in [-0.2, 0) is 68.1 Å². The first-order valence-corrected chi connectivity index (χ1v) is 32.3. The zero-order valence-electron chi connectivity index (χ0n) is 47.9. The summed E-state index contributed by atoms with van der Waals surface area (Å²) in [6, 6.07) is 27.1. The van der Waals surface area contributed by atoms with Crippen LogP contribution in [0.5, 0.6) is 0 Å². The molecule has 3 atom stereocenters. The van der Waals surface area contributed by atoms with Gasteiger partial charge in [0.15, 0.2) is 0 Å². The maximum Gasteiger partial charge on any atom is 0.237 e. The Morgan fingerprint density at radius 1 is 0.422 bits per heavy atom. The Morgan fingerprint density at radius 2 is 0.735 bits per heavy atom. The van der Waals surface area contributed by atoms with E-state index < -0.39 is 59.1 Å². The Labute approximate surface area is 484 Å². The van der Waals surface area contributed by atoms with Crippen molar-refractivity contribution in [1.82, 2.24) is 0 Å². The number of amides is 3. The van der Waals surface area contributed by atoms with E-state index >= 15 is 0 Å². The fraction of sp³-hybridized carbons (Fsp3) is 0.361. The monoisotopic (exact) mass is 1200 g/mol. The molecular formula is C61H70F4N6O9S3. The van der Waals surface area contributed by atoms with Gasteiger partial charge in [-0.15, -0.1) is 0 Å². The topological polar surface area (TPSA) is 199 Å². The van der Waals surface area contributed by atoms with Crippen LogP contribution in [0.2, 0.25) is 0 Å². The first-order chi connectivity index (χ1) is 39.0. The minimum absolute atomic E-state index is 0.0349. The molecule has 0 saturated carbocycles. The van der Waals surface area contributed by atoms with Crippen molar-refractivity contribution in [2.45, 2.75) is 123 Å². The van der Waals surface area contributed by atoms with E-state index in [0.717, 1.165) is 35.7 Å². The third kappa shape index (κ3) is 15.5. The number of benzene rings is 6. The van der Waals surface area contributed by atoms with Gasteiger partial charge in [0.2, 0.25) is 47.8 Å². The first-order valence-electron chi connectivity index (χ1n) is 27.4. The molecular weight excluding hydrogens is 1130 g/mol. The molecule has 0 saturated heterocycles. The van der Waals surface area contributed by atoms with E-state index in [1.54, 1.807) is 83.1 Å². The summed E-state index contributed by atoms with van der Waals surface area (Å²) in [5.74, 6) is -4.40. The number of nitrogens with zero attached hydrogens (tertiary/aromatic N) is 3. The quantitative estimate of drug-likeness (QED) is 0.0789. The summed E-state index contributed by atoms with van der Waals surface area (Å²) in [5, 5.41) is 0. The van der Waals surface area contributed by atoms with Crippen LogP contribution >= 0.6 is 0 Å². The Bertz CT molecular complexity index is 3780. The first kappa shape index (κ1) is 63.3. The summed E-state index contributed by atoms with van der Waals surface area (Å²) in [6.45, 7) is 17.5. The number of fused-ring (bicyclic) bond motifs is 3. The van der Waals surface area contributed by atoms with Gasteiger partial charge < -0.3 is 14.7 Å². The molecule has 0 bridgehead atoms. The molecule has 6 aromatic rings. The van der Waals surface area contributed by atoms with E-state index in [0.29, 0.717) is 53.0 Å². The second kappa shape index (κ2) is 26.1. The number of anilines is 6.